The zero-order valence-electron chi connectivity index (χ0n) is 10.5. The van der Waals surface area contributed by atoms with E-state index in [1.54, 1.807) is 6.26 Å². The Kier molecular flexibility index (Phi) is 5.05. The lowest BCUT2D eigenvalue weighted by atomic mass is 10.2. The van der Waals surface area contributed by atoms with Gasteiger partial charge in [-0.15, -0.1) is 0 Å². The largest absolute Gasteiger partial charge is 0.469 e. The first-order chi connectivity index (χ1) is 9.38. The summed E-state index contributed by atoms with van der Waals surface area (Å²) in [6.07, 6.45) is 2.04. The Morgan fingerprint density at radius 3 is 2.74 bits per heavy atom. The Morgan fingerprint density at radius 2 is 2.05 bits per heavy atom. The van der Waals surface area contributed by atoms with E-state index in [-0.39, 0.29) is 6.10 Å². The fraction of sp³-hybridized carbons (Fsp3) is 0.286. The van der Waals surface area contributed by atoms with Gasteiger partial charge in [0.1, 0.15) is 5.76 Å². The molecule has 19 heavy (non-hydrogen) atoms. The number of ether oxygens (including phenoxy) is 1. The van der Waals surface area contributed by atoms with Crippen molar-refractivity contribution in [2.24, 2.45) is 5.11 Å². The third-order valence-electron chi connectivity index (χ3n) is 2.69. The minimum atomic E-state index is -0.178. The maximum Gasteiger partial charge on any atom is 0.106 e. The number of rotatable bonds is 7. The molecule has 0 bridgehead atoms. The zero-order chi connectivity index (χ0) is 13.3. The molecule has 2 aromatic rings. The van der Waals surface area contributed by atoms with Gasteiger partial charge in [-0.1, -0.05) is 35.4 Å². The van der Waals surface area contributed by atoms with E-state index in [4.69, 9.17) is 14.7 Å². The normalized spacial score (nSPS) is 11.8. The van der Waals surface area contributed by atoms with Crippen molar-refractivity contribution in [3.63, 3.8) is 0 Å². The fourth-order valence-electron chi connectivity index (χ4n) is 1.75. The Labute approximate surface area is 111 Å². The molecule has 0 saturated carbocycles. The SMILES string of the molecule is [N-]=[N+]=NCC(Cc1ccco1)OCc1ccccc1. The molecular weight excluding hydrogens is 242 g/mol. The molecule has 2 rings (SSSR count). The summed E-state index contributed by atoms with van der Waals surface area (Å²) < 4.78 is 11.1. The molecule has 1 aromatic carbocycles. The molecule has 5 heteroatoms. The van der Waals surface area contributed by atoms with Crippen LogP contribution < -0.4 is 0 Å². The van der Waals surface area contributed by atoms with Crippen LogP contribution in [0.2, 0.25) is 0 Å². The number of nitrogens with zero attached hydrogens (tertiary/aromatic N) is 3. The summed E-state index contributed by atoms with van der Waals surface area (Å²) in [6, 6.07) is 13.6. The lowest BCUT2D eigenvalue weighted by molar-refractivity contribution is 0.0436. The number of hydrogen-bond acceptors (Lipinski definition) is 3. The predicted molar refractivity (Wildman–Crippen MR) is 71.4 cm³/mol. The molecule has 1 unspecified atom stereocenters. The number of benzene rings is 1. The van der Waals surface area contributed by atoms with E-state index in [0.29, 0.717) is 19.6 Å². The summed E-state index contributed by atoms with van der Waals surface area (Å²) in [5.74, 6) is 0.825. The smallest absolute Gasteiger partial charge is 0.106 e. The molecule has 1 aromatic heterocycles. The molecule has 0 aliphatic heterocycles. The van der Waals surface area contributed by atoms with E-state index in [9.17, 15) is 0 Å². The summed E-state index contributed by atoms with van der Waals surface area (Å²) in [7, 11) is 0. The van der Waals surface area contributed by atoms with Gasteiger partial charge in [-0.05, 0) is 23.2 Å². The second-order valence-electron chi connectivity index (χ2n) is 4.12. The minimum absolute atomic E-state index is 0.178. The van der Waals surface area contributed by atoms with Crippen LogP contribution in [0.3, 0.4) is 0 Å². The standard InChI is InChI=1S/C14H15N3O2/c15-17-16-10-14(9-13-7-4-8-18-13)19-11-12-5-2-1-3-6-12/h1-8,14H,9-11H2. The van der Waals surface area contributed by atoms with Crippen LogP contribution in [-0.4, -0.2) is 12.6 Å². The van der Waals surface area contributed by atoms with Gasteiger partial charge >= 0.3 is 0 Å². The van der Waals surface area contributed by atoms with E-state index < -0.39 is 0 Å². The molecule has 0 aliphatic carbocycles. The second-order valence-corrected chi connectivity index (χ2v) is 4.12. The second kappa shape index (κ2) is 7.26. The average Bonchev–Trinajstić information content (AvgIpc) is 2.96. The highest BCUT2D eigenvalue weighted by Crippen LogP contribution is 2.10. The van der Waals surface area contributed by atoms with Crippen LogP contribution in [0.1, 0.15) is 11.3 Å². The highest BCUT2D eigenvalue weighted by molar-refractivity contribution is 5.13. The van der Waals surface area contributed by atoms with E-state index >= 15 is 0 Å². The van der Waals surface area contributed by atoms with Gasteiger partial charge in [0.25, 0.3) is 0 Å². The van der Waals surface area contributed by atoms with E-state index in [0.717, 1.165) is 11.3 Å². The first kappa shape index (κ1) is 13.2. The van der Waals surface area contributed by atoms with Gasteiger partial charge in [-0.3, -0.25) is 0 Å². The molecule has 0 fully saturated rings. The van der Waals surface area contributed by atoms with Crippen LogP contribution in [0.15, 0.2) is 58.3 Å². The Morgan fingerprint density at radius 1 is 1.21 bits per heavy atom. The third kappa shape index (κ3) is 4.50. The van der Waals surface area contributed by atoms with Crippen LogP contribution >= 0.6 is 0 Å². The fourth-order valence-corrected chi connectivity index (χ4v) is 1.75. The van der Waals surface area contributed by atoms with Gasteiger partial charge in [0.15, 0.2) is 0 Å². The minimum Gasteiger partial charge on any atom is -0.469 e. The average molecular weight is 257 g/mol. The van der Waals surface area contributed by atoms with Gasteiger partial charge in [0, 0.05) is 11.3 Å². The van der Waals surface area contributed by atoms with Crippen molar-refractivity contribution in [1.29, 1.82) is 0 Å². The van der Waals surface area contributed by atoms with Crippen molar-refractivity contribution in [3.8, 4) is 0 Å². The van der Waals surface area contributed by atoms with Crippen molar-refractivity contribution in [1.82, 2.24) is 0 Å². The molecule has 0 saturated heterocycles. The van der Waals surface area contributed by atoms with E-state index in [1.165, 1.54) is 0 Å². The van der Waals surface area contributed by atoms with Gasteiger partial charge in [-0.2, -0.15) is 0 Å². The number of furan rings is 1. The van der Waals surface area contributed by atoms with Crippen LogP contribution in [0, 0.1) is 0 Å². The quantitative estimate of drug-likeness (QED) is 0.431. The van der Waals surface area contributed by atoms with Gasteiger partial charge < -0.3 is 9.15 Å². The maximum absolute atomic E-state index is 8.41. The van der Waals surface area contributed by atoms with Crippen LogP contribution in [0.4, 0.5) is 0 Å². The number of azide groups is 1. The van der Waals surface area contributed by atoms with E-state index in [2.05, 4.69) is 10.0 Å². The van der Waals surface area contributed by atoms with Crippen molar-refractivity contribution >= 4 is 0 Å². The third-order valence-corrected chi connectivity index (χ3v) is 2.69. The molecule has 0 spiro atoms. The Bertz CT molecular complexity index is 519. The maximum atomic E-state index is 8.41. The molecule has 98 valence electrons. The van der Waals surface area contributed by atoms with Crippen molar-refractivity contribution < 1.29 is 9.15 Å². The van der Waals surface area contributed by atoms with Crippen molar-refractivity contribution in [2.75, 3.05) is 6.54 Å². The number of hydrogen-bond donors (Lipinski definition) is 0. The summed E-state index contributed by atoms with van der Waals surface area (Å²) in [4.78, 5) is 2.77. The Hall–Kier alpha value is -2.23. The first-order valence-electron chi connectivity index (χ1n) is 6.07. The molecule has 1 heterocycles. The predicted octanol–water partition coefficient (Wildman–Crippen LogP) is 3.72. The lowest BCUT2D eigenvalue weighted by Crippen LogP contribution is -2.19. The highest BCUT2D eigenvalue weighted by Gasteiger charge is 2.11. The summed E-state index contributed by atoms with van der Waals surface area (Å²) in [5.41, 5.74) is 9.50. The first-order valence-corrected chi connectivity index (χ1v) is 6.07. The molecular formula is C14H15N3O2. The molecule has 0 aliphatic rings. The summed E-state index contributed by atoms with van der Waals surface area (Å²) in [6.45, 7) is 0.789. The molecule has 0 radical (unpaired) electrons. The van der Waals surface area contributed by atoms with E-state index in [1.807, 2.05) is 42.5 Å². The zero-order valence-corrected chi connectivity index (χ0v) is 10.5. The van der Waals surface area contributed by atoms with Gasteiger partial charge in [0.2, 0.25) is 0 Å². The highest BCUT2D eigenvalue weighted by atomic mass is 16.5. The molecule has 5 nitrogen and oxygen atoms in total. The van der Waals surface area contributed by atoms with Gasteiger partial charge in [0.05, 0.1) is 25.5 Å². The molecule has 1 atom stereocenters. The summed E-state index contributed by atoms with van der Waals surface area (Å²) >= 11 is 0. The van der Waals surface area contributed by atoms with Crippen molar-refractivity contribution in [2.45, 2.75) is 19.1 Å². The summed E-state index contributed by atoms with van der Waals surface area (Å²) in [5, 5.41) is 3.58. The van der Waals surface area contributed by atoms with Gasteiger partial charge in [-0.25, -0.2) is 0 Å². The van der Waals surface area contributed by atoms with Crippen molar-refractivity contribution in [3.05, 3.63) is 70.5 Å². The monoisotopic (exact) mass is 257 g/mol. The van der Waals surface area contributed by atoms with Crippen LogP contribution in [-0.2, 0) is 17.8 Å². The lowest BCUT2D eigenvalue weighted by Gasteiger charge is -2.14. The molecule has 0 N–H and O–H groups in total. The Balaban J connectivity index is 1.91. The van der Waals surface area contributed by atoms with Crippen LogP contribution in [0.25, 0.3) is 10.4 Å². The van der Waals surface area contributed by atoms with Crippen LogP contribution in [0.5, 0.6) is 0 Å². The topological polar surface area (TPSA) is 71.1 Å². The molecule has 0 amide bonds.